The van der Waals surface area contributed by atoms with E-state index in [1.165, 1.54) is 14.2 Å². The van der Waals surface area contributed by atoms with E-state index in [2.05, 4.69) is 0 Å². The minimum Gasteiger partial charge on any atom is -0.425 e. The van der Waals surface area contributed by atoms with Crippen LogP contribution in [-0.4, -0.2) is 38.2 Å². The Kier molecular flexibility index (Phi) is 14.5. The van der Waals surface area contributed by atoms with E-state index in [0.717, 1.165) is 0 Å². The first-order valence-electron chi connectivity index (χ1n) is 7.91. The van der Waals surface area contributed by atoms with Crippen molar-refractivity contribution in [1.29, 1.82) is 0 Å². The Balaban J connectivity index is 0. The highest BCUT2D eigenvalue weighted by Crippen LogP contribution is 2.09. The molecule has 0 spiro atoms. The van der Waals surface area contributed by atoms with Gasteiger partial charge in [-0.2, -0.15) is 0 Å². The molecule has 0 aliphatic carbocycles. The van der Waals surface area contributed by atoms with Crippen molar-refractivity contribution in [3.63, 3.8) is 0 Å². The molecule has 0 heterocycles. The van der Waals surface area contributed by atoms with Gasteiger partial charge >= 0.3 is 5.97 Å². The van der Waals surface area contributed by atoms with E-state index < -0.39 is 6.10 Å². The standard InChI is InChI=1S/C10H12O3.C10H12O2.2CH4/c1-8(12-2)10(11)13-9-6-4-3-5-7-9;1-8(12-2)10(11)9-6-4-3-5-7-9;;/h3-8H,1-2H3;3-8H,1-2H3;2*1H4. The molecule has 2 atom stereocenters. The summed E-state index contributed by atoms with van der Waals surface area (Å²) in [5.41, 5.74) is 0.701. The largest absolute Gasteiger partial charge is 0.425 e. The topological polar surface area (TPSA) is 61.8 Å². The van der Waals surface area contributed by atoms with Gasteiger partial charge in [0.25, 0.3) is 0 Å². The second kappa shape index (κ2) is 14.6. The second-order valence-electron chi connectivity index (χ2n) is 5.22. The summed E-state index contributed by atoms with van der Waals surface area (Å²) in [5, 5.41) is 0. The van der Waals surface area contributed by atoms with Gasteiger partial charge in [0.1, 0.15) is 11.9 Å². The molecule has 5 nitrogen and oxygen atoms in total. The fourth-order valence-corrected chi connectivity index (χ4v) is 1.73. The van der Waals surface area contributed by atoms with E-state index in [9.17, 15) is 9.59 Å². The molecule has 0 aromatic heterocycles. The number of rotatable bonds is 6. The third-order valence-electron chi connectivity index (χ3n) is 3.43. The zero-order chi connectivity index (χ0) is 18.7. The summed E-state index contributed by atoms with van der Waals surface area (Å²) >= 11 is 0. The van der Waals surface area contributed by atoms with Crippen LogP contribution in [0.1, 0.15) is 39.1 Å². The predicted molar refractivity (Wildman–Crippen MR) is 109 cm³/mol. The molecule has 0 bridgehead atoms. The Morgan fingerprint density at radius 3 is 1.63 bits per heavy atom. The average Bonchev–Trinajstić information content (AvgIpc) is 2.68. The van der Waals surface area contributed by atoms with Crippen molar-refractivity contribution in [1.82, 2.24) is 0 Å². The van der Waals surface area contributed by atoms with Gasteiger partial charge in [-0.1, -0.05) is 63.4 Å². The third kappa shape index (κ3) is 9.68. The van der Waals surface area contributed by atoms with Gasteiger partial charge in [0.15, 0.2) is 11.9 Å². The molecule has 2 unspecified atom stereocenters. The maximum Gasteiger partial charge on any atom is 0.340 e. The van der Waals surface area contributed by atoms with Crippen LogP contribution in [0.15, 0.2) is 60.7 Å². The van der Waals surface area contributed by atoms with Crippen molar-refractivity contribution < 1.29 is 23.8 Å². The van der Waals surface area contributed by atoms with Gasteiger partial charge in [0.05, 0.1) is 0 Å². The first-order valence-corrected chi connectivity index (χ1v) is 7.91. The lowest BCUT2D eigenvalue weighted by atomic mass is 10.1. The number of carbonyl (C=O) groups is 2. The smallest absolute Gasteiger partial charge is 0.340 e. The van der Waals surface area contributed by atoms with Crippen LogP contribution >= 0.6 is 0 Å². The quantitative estimate of drug-likeness (QED) is 0.411. The molecule has 0 amide bonds. The molecule has 0 aliphatic heterocycles. The average molecular weight is 376 g/mol. The lowest BCUT2D eigenvalue weighted by Crippen LogP contribution is -2.24. The van der Waals surface area contributed by atoms with Gasteiger partial charge in [-0.25, -0.2) is 4.79 Å². The SMILES string of the molecule is C.C.COC(C)C(=O)Oc1ccccc1.COC(C)C(=O)c1ccccc1. The van der Waals surface area contributed by atoms with Crippen LogP contribution in [0.3, 0.4) is 0 Å². The van der Waals surface area contributed by atoms with E-state index in [1.807, 2.05) is 24.3 Å². The fourth-order valence-electron chi connectivity index (χ4n) is 1.73. The van der Waals surface area contributed by atoms with E-state index in [0.29, 0.717) is 11.3 Å². The number of para-hydroxylation sites is 1. The molecular formula is C22H32O5. The van der Waals surface area contributed by atoms with Crippen LogP contribution in [-0.2, 0) is 14.3 Å². The third-order valence-corrected chi connectivity index (χ3v) is 3.43. The van der Waals surface area contributed by atoms with Gasteiger partial charge in [0.2, 0.25) is 0 Å². The Labute approximate surface area is 163 Å². The number of Topliss-reactive ketones (excluding diaryl/α,β-unsaturated/α-hetero) is 1. The fraction of sp³-hybridized carbons (Fsp3) is 0.364. The van der Waals surface area contributed by atoms with Crippen LogP contribution in [0, 0.1) is 0 Å². The van der Waals surface area contributed by atoms with Crippen molar-refractivity contribution in [2.45, 2.75) is 40.9 Å². The number of esters is 1. The first kappa shape index (κ1) is 26.7. The summed E-state index contributed by atoms with van der Waals surface area (Å²) in [4.78, 5) is 22.6. The summed E-state index contributed by atoms with van der Waals surface area (Å²) in [6.45, 7) is 3.39. The zero-order valence-corrected chi connectivity index (χ0v) is 15.0. The summed E-state index contributed by atoms with van der Waals surface area (Å²) in [7, 11) is 3.00. The van der Waals surface area contributed by atoms with Crippen LogP contribution in [0.2, 0.25) is 0 Å². The number of hydrogen-bond donors (Lipinski definition) is 0. The summed E-state index contributed by atoms with van der Waals surface area (Å²) in [6, 6.07) is 18.1. The van der Waals surface area contributed by atoms with E-state index in [1.54, 1.807) is 50.2 Å². The van der Waals surface area contributed by atoms with Gasteiger partial charge in [-0.05, 0) is 26.0 Å². The Hall–Kier alpha value is -2.50. The highest BCUT2D eigenvalue weighted by atomic mass is 16.6. The Bertz CT molecular complexity index is 640. The van der Waals surface area contributed by atoms with Gasteiger partial charge in [-0.15, -0.1) is 0 Å². The van der Waals surface area contributed by atoms with E-state index >= 15 is 0 Å². The van der Waals surface area contributed by atoms with Crippen LogP contribution in [0.25, 0.3) is 0 Å². The number of methoxy groups -OCH3 is 2. The molecule has 27 heavy (non-hydrogen) atoms. The van der Waals surface area contributed by atoms with E-state index in [4.69, 9.17) is 14.2 Å². The van der Waals surface area contributed by atoms with Crippen molar-refractivity contribution in [2.24, 2.45) is 0 Å². The van der Waals surface area contributed by atoms with Crippen LogP contribution in [0.4, 0.5) is 0 Å². The second-order valence-corrected chi connectivity index (χ2v) is 5.22. The zero-order valence-electron chi connectivity index (χ0n) is 15.0. The van der Waals surface area contributed by atoms with Gasteiger partial charge in [-0.3, -0.25) is 4.79 Å². The molecule has 0 saturated carbocycles. The molecule has 150 valence electrons. The molecule has 0 N–H and O–H groups in total. The normalized spacial score (nSPS) is 11.4. The number of benzene rings is 2. The van der Waals surface area contributed by atoms with Crippen molar-refractivity contribution in [3.05, 3.63) is 66.2 Å². The van der Waals surface area contributed by atoms with Gasteiger partial charge < -0.3 is 14.2 Å². The maximum atomic E-state index is 11.5. The summed E-state index contributed by atoms with van der Waals surface area (Å²) in [5.74, 6) is 0.184. The molecular weight excluding hydrogens is 344 g/mol. The number of carbonyl (C=O) groups excluding carboxylic acids is 2. The van der Waals surface area contributed by atoms with Crippen molar-refractivity contribution in [2.75, 3.05) is 14.2 Å². The number of ketones is 1. The minimum atomic E-state index is -0.528. The highest BCUT2D eigenvalue weighted by Gasteiger charge is 2.13. The Morgan fingerprint density at radius 1 is 0.741 bits per heavy atom. The maximum absolute atomic E-state index is 11.5. The number of ether oxygens (including phenoxy) is 3. The molecule has 5 heteroatoms. The molecule has 0 radical (unpaired) electrons. The molecule has 2 aromatic carbocycles. The van der Waals surface area contributed by atoms with Crippen LogP contribution in [0.5, 0.6) is 5.75 Å². The first-order chi connectivity index (χ1) is 12.0. The monoisotopic (exact) mass is 376 g/mol. The van der Waals surface area contributed by atoms with E-state index in [-0.39, 0.29) is 32.7 Å². The minimum absolute atomic E-state index is 0. The molecule has 0 aliphatic rings. The summed E-state index contributed by atoms with van der Waals surface area (Å²) < 4.78 is 14.7. The summed E-state index contributed by atoms with van der Waals surface area (Å²) in [6.07, 6.45) is -0.882. The molecule has 0 saturated heterocycles. The lowest BCUT2D eigenvalue weighted by molar-refractivity contribution is -0.144. The van der Waals surface area contributed by atoms with Crippen LogP contribution < -0.4 is 4.74 Å². The molecule has 0 fully saturated rings. The van der Waals surface area contributed by atoms with Gasteiger partial charge in [0, 0.05) is 19.8 Å². The highest BCUT2D eigenvalue weighted by molar-refractivity contribution is 5.99. The van der Waals surface area contributed by atoms with Crippen molar-refractivity contribution >= 4 is 11.8 Å². The number of hydrogen-bond acceptors (Lipinski definition) is 5. The lowest BCUT2D eigenvalue weighted by Gasteiger charge is -2.08. The van der Waals surface area contributed by atoms with Crippen molar-refractivity contribution in [3.8, 4) is 5.75 Å². The molecule has 2 rings (SSSR count). The molecule has 2 aromatic rings. The predicted octanol–water partition coefficient (Wildman–Crippen LogP) is 4.80. The Morgan fingerprint density at radius 2 is 1.19 bits per heavy atom.